The molecule has 26 nitrogen and oxygen atoms in total. The molecule has 9 heterocycles. The van der Waals surface area contributed by atoms with E-state index in [1.54, 1.807) is 73.1 Å². The standard InChI is InChI=1S/C23H16F3N5O3S.C23H16F3N5O2S.C23H16F3N5OS.C7H5ClO3.C2HF3O2/c24-23(25,26)16-6-7-20(29-13-16)31-21-12-15(8-11-28-21)22(32)30-18-14-27-10-9-19(18)35(33,34)17-4-2-1-3-5-17;24-23(25,26)16-6-7-20(29-13-16)31-21-12-15(8-11-28-21)22(32)30-18-14-27-10-9-19(18)34(33)17-4-2-1-3-5-17;24-23(25,26)16-6-7-20(29-13-16)31-21-12-15(8-11-28-21)22(32)30-18-14-27-10-9-19(18)33-17-4-2-1-3-5-17;8-6-3-1-2-5(4-6)7(9)11-10;3-2(4,5)1(6)7/h1-14H,(H,30,32)(H,28,29,31);1-14H,(H,30,32)(H,28,29,31);1-14H,(H,30,32)(H,28,29,31);1-4,10H;(H,6,7). The van der Waals surface area contributed by atoms with Crippen molar-refractivity contribution in [3.8, 4) is 0 Å². The van der Waals surface area contributed by atoms with Crippen molar-refractivity contribution in [1.29, 1.82) is 0 Å². The fourth-order valence-corrected chi connectivity index (χ4v) is 13.0. The van der Waals surface area contributed by atoms with Crippen LogP contribution in [-0.4, -0.2) is 104 Å². The summed E-state index contributed by atoms with van der Waals surface area (Å²) < 4.78 is 185. The number of carbonyl (C=O) groups excluding carboxylic acids is 4. The molecule has 42 heteroatoms. The fraction of sp³-hybridized carbons (Fsp3) is 0.0513. The number of pyridine rings is 9. The van der Waals surface area contributed by atoms with E-state index in [2.05, 4.69) is 81.6 Å². The Morgan fingerprint density at radius 1 is 0.417 bits per heavy atom. The van der Waals surface area contributed by atoms with Crippen LogP contribution in [0.25, 0.3) is 0 Å². The van der Waals surface area contributed by atoms with E-state index in [9.17, 15) is 84.5 Å². The smallest absolute Gasteiger partial charge is 0.475 e. The van der Waals surface area contributed by atoms with Gasteiger partial charge in [0.1, 0.15) is 34.9 Å². The maximum absolute atomic E-state index is 13.0. The SMILES string of the molecule is O=C(Nc1cnccc1S(=O)(=O)c1ccccc1)c1ccnc(Nc2ccc(C(F)(F)F)cn2)c1.O=C(Nc1cnccc1S(=O)c1ccccc1)c1ccnc(Nc2ccc(C(F)(F)F)cn2)c1.O=C(Nc1cnccc1Sc1ccccc1)c1ccnc(Nc2ccc(C(F)(F)F)cn2)c1.O=C(O)C(F)(F)F.O=C(OO)c1cccc(Cl)c1. The second kappa shape index (κ2) is 41.1. The van der Waals surface area contributed by atoms with E-state index in [-0.39, 0.29) is 78.7 Å². The monoisotopic (exact) mass is 1740 g/mol. The zero-order valence-electron chi connectivity index (χ0n) is 60.3. The molecule has 0 aliphatic heterocycles. The Morgan fingerprint density at radius 2 is 0.817 bits per heavy atom. The highest BCUT2D eigenvalue weighted by atomic mass is 35.5. The van der Waals surface area contributed by atoms with Crippen LogP contribution in [0.3, 0.4) is 0 Å². The van der Waals surface area contributed by atoms with E-state index in [4.69, 9.17) is 26.8 Å². The number of halogens is 13. The van der Waals surface area contributed by atoms with Crippen LogP contribution in [0.5, 0.6) is 0 Å². The Labute approximate surface area is 682 Å². The Hall–Kier alpha value is -14.2. The number of carbonyl (C=O) groups is 5. The minimum atomic E-state index is -5.08. The van der Waals surface area contributed by atoms with Crippen LogP contribution in [0.15, 0.2) is 310 Å². The predicted octanol–water partition coefficient (Wildman–Crippen LogP) is 18.4. The van der Waals surface area contributed by atoms with Gasteiger partial charge in [-0.1, -0.05) is 84.0 Å². The molecule has 120 heavy (non-hydrogen) atoms. The van der Waals surface area contributed by atoms with Gasteiger partial charge in [-0.25, -0.2) is 52.1 Å². The lowest BCUT2D eigenvalue weighted by Gasteiger charge is -2.12. The number of carboxylic acids is 1. The summed E-state index contributed by atoms with van der Waals surface area (Å²) in [6.45, 7) is 0. The van der Waals surface area contributed by atoms with Crippen molar-refractivity contribution < 1.29 is 105 Å². The molecule has 4 aromatic carbocycles. The summed E-state index contributed by atoms with van der Waals surface area (Å²) in [4.78, 5) is 99.7. The molecule has 0 saturated carbocycles. The molecule has 0 radical (unpaired) electrons. The van der Waals surface area contributed by atoms with E-state index < -0.39 is 85.8 Å². The van der Waals surface area contributed by atoms with Gasteiger partial charge in [0.15, 0.2) is 0 Å². The van der Waals surface area contributed by atoms with Crippen LogP contribution in [0.4, 0.5) is 105 Å². The number of carboxylic acid groups (broad SMARTS) is 1. The molecule has 13 rings (SSSR count). The predicted molar refractivity (Wildman–Crippen MR) is 414 cm³/mol. The van der Waals surface area contributed by atoms with Crippen molar-refractivity contribution in [2.75, 3.05) is 31.9 Å². The number of benzene rings is 4. The highest BCUT2D eigenvalue weighted by molar-refractivity contribution is 7.99. The number of sulfone groups is 1. The zero-order valence-corrected chi connectivity index (χ0v) is 63.5. The van der Waals surface area contributed by atoms with E-state index in [0.717, 1.165) is 46.3 Å². The topological polar surface area (TPSA) is 374 Å². The number of hydrogen-bond acceptors (Lipinski definition) is 23. The first-order valence-electron chi connectivity index (χ1n) is 33.5. The molecular weight excluding hydrogens is 1680 g/mol. The van der Waals surface area contributed by atoms with Crippen molar-refractivity contribution in [2.45, 2.75) is 54.1 Å². The summed E-state index contributed by atoms with van der Waals surface area (Å²) in [5.74, 6) is -4.10. The second-order valence-corrected chi connectivity index (χ2v) is 28.4. The lowest BCUT2D eigenvalue weighted by atomic mass is 10.2. The average Bonchev–Trinajstić information content (AvgIpc) is 0.784. The second-order valence-electron chi connectivity index (χ2n) is 23.4. The van der Waals surface area contributed by atoms with Crippen LogP contribution in [0, 0.1) is 0 Å². The fourth-order valence-electron chi connectivity index (χ4n) is 9.40. The molecule has 3 amide bonds. The lowest BCUT2D eigenvalue weighted by Crippen LogP contribution is -2.21. The van der Waals surface area contributed by atoms with Gasteiger partial charge in [0.05, 0.1) is 83.4 Å². The summed E-state index contributed by atoms with van der Waals surface area (Å²) in [7, 11) is -5.47. The Kier molecular flexibility index (Phi) is 30.7. The third-order valence-electron chi connectivity index (χ3n) is 15.1. The first-order chi connectivity index (χ1) is 57.0. The van der Waals surface area contributed by atoms with Gasteiger partial charge in [-0.15, -0.1) is 0 Å². The normalized spacial score (nSPS) is 11.4. The highest BCUT2D eigenvalue weighted by Gasteiger charge is 2.38. The van der Waals surface area contributed by atoms with Gasteiger partial charge in [0.2, 0.25) is 9.84 Å². The maximum atomic E-state index is 13.0. The maximum Gasteiger partial charge on any atom is 0.490 e. The third kappa shape index (κ3) is 26.7. The molecule has 0 aliphatic carbocycles. The number of amides is 3. The summed E-state index contributed by atoms with van der Waals surface area (Å²) in [5.41, 5.74) is -0.963. The number of nitrogens with one attached hydrogen (secondary N) is 6. The number of nitrogens with zero attached hydrogens (tertiary/aromatic N) is 9. The number of aliphatic carboxylic acids is 1. The van der Waals surface area contributed by atoms with Crippen molar-refractivity contribution in [1.82, 2.24) is 44.9 Å². The average molecular weight is 1740 g/mol. The molecule has 1 atom stereocenters. The van der Waals surface area contributed by atoms with Gasteiger partial charge < -0.3 is 37.0 Å². The Morgan fingerprint density at radius 3 is 1.23 bits per heavy atom. The molecule has 0 aliphatic rings. The molecular formula is C78H54ClF12N15O11S3. The number of hydrogen-bond donors (Lipinski definition) is 8. The molecule has 9 aromatic heterocycles. The van der Waals surface area contributed by atoms with Gasteiger partial charge in [0, 0.05) is 92.2 Å². The van der Waals surface area contributed by atoms with Crippen molar-refractivity contribution >= 4 is 126 Å². The lowest BCUT2D eigenvalue weighted by molar-refractivity contribution is -0.192. The Bertz CT molecular complexity index is 5860. The van der Waals surface area contributed by atoms with Gasteiger partial charge in [-0.3, -0.25) is 34.2 Å². The van der Waals surface area contributed by atoms with Gasteiger partial charge in [0.25, 0.3) is 17.7 Å². The van der Waals surface area contributed by atoms with Crippen molar-refractivity contribution in [3.63, 3.8) is 0 Å². The Balaban J connectivity index is 0.000000185. The number of aromatic nitrogens is 9. The number of anilines is 9. The molecule has 0 saturated heterocycles. The van der Waals surface area contributed by atoms with Gasteiger partial charge in [-0.05, 0) is 146 Å². The van der Waals surface area contributed by atoms with Crippen LogP contribution in [0.1, 0.15) is 58.1 Å². The van der Waals surface area contributed by atoms with E-state index in [1.165, 1.54) is 128 Å². The van der Waals surface area contributed by atoms with E-state index in [0.29, 0.717) is 38.5 Å². The molecule has 616 valence electrons. The molecule has 0 spiro atoms. The van der Waals surface area contributed by atoms with Crippen LogP contribution >= 0.6 is 23.4 Å². The van der Waals surface area contributed by atoms with Crippen molar-refractivity contribution in [2.24, 2.45) is 0 Å². The van der Waals surface area contributed by atoms with E-state index >= 15 is 0 Å². The molecule has 1 unspecified atom stereocenters. The summed E-state index contributed by atoms with van der Waals surface area (Å²) in [6.07, 6.45) is -3.72. The van der Waals surface area contributed by atoms with Crippen LogP contribution in [-0.2, 0) is 48.8 Å². The van der Waals surface area contributed by atoms with Crippen molar-refractivity contribution in [3.05, 3.63) is 325 Å². The summed E-state index contributed by atoms with van der Waals surface area (Å²) in [5, 5.41) is 31.9. The largest absolute Gasteiger partial charge is 0.490 e. The summed E-state index contributed by atoms with van der Waals surface area (Å²) >= 11 is 7.05. The first kappa shape index (κ1) is 89.8. The first-order valence-corrected chi connectivity index (χ1v) is 37.3. The minimum absolute atomic E-state index is 0.0166. The summed E-state index contributed by atoms with van der Waals surface area (Å²) in [6, 6.07) is 51.8. The highest BCUT2D eigenvalue weighted by Crippen LogP contribution is 2.36. The van der Waals surface area contributed by atoms with Gasteiger partial charge >= 0.3 is 36.6 Å². The minimum Gasteiger partial charge on any atom is -0.475 e. The van der Waals surface area contributed by atoms with E-state index in [1.807, 2.05) is 42.5 Å². The molecule has 13 aromatic rings. The quantitative estimate of drug-likeness (QED) is 0.0212. The third-order valence-corrected chi connectivity index (χ3v) is 19.7. The molecule has 0 bridgehead atoms. The van der Waals surface area contributed by atoms with Crippen LogP contribution in [0.2, 0.25) is 5.02 Å². The molecule has 0 fully saturated rings. The number of alkyl halides is 12. The van der Waals surface area contributed by atoms with Gasteiger partial charge in [-0.2, -0.15) is 57.9 Å². The molecule has 8 N–H and O–H groups in total. The number of rotatable bonds is 19. The zero-order chi connectivity index (χ0) is 86.8. The van der Waals surface area contributed by atoms with Crippen LogP contribution < -0.4 is 31.9 Å².